The van der Waals surface area contributed by atoms with Crippen LogP contribution >= 0.6 is 24.0 Å². The van der Waals surface area contributed by atoms with Crippen molar-refractivity contribution >= 4 is 45.9 Å². The Morgan fingerprint density at radius 1 is 1.09 bits per heavy atom. The summed E-state index contributed by atoms with van der Waals surface area (Å²) in [6.07, 6.45) is 3.21. The molecule has 0 radical (unpaired) electrons. The lowest BCUT2D eigenvalue weighted by Crippen LogP contribution is -2.34. The van der Waals surface area contributed by atoms with Gasteiger partial charge >= 0.3 is 0 Å². The molecule has 0 spiro atoms. The molecule has 0 N–H and O–H groups in total. The molecule has 1 fully saturated rings. The maximum atomic E-state index is 13.5. The van der Waals surface area contributed by atoms with Crippen molar-refractivity contribution in [3.63, 3.8) is 0 Å². The van der Waals surface area contributed by atoms with Gasteiger partial charge < -0.3 is 4.74 Å². The third-order valence-corrected chi connectivity index (χ3v) is 6.76. The van der Waals surface area contributed by atoms with E-state index in [0.717, 1.165) is 16.7 Å². The topological polar surface area (TPSA) is 63.9 Å². The lowest BCUT2D eigenvalue weighted by molar-refractivity contribution is -0.123. The highest BCUT2D eigenvalue weighted by molar-refractivity contribution is 8.26. The van der Waals surface area contributed by atoms with Crippen LogP contribution in [0.25, 0.3) is 11.7 Å². The number of nitrogens with zero attached hydrogens (tertiary/aromatic N) is 3. The van der Waals surface area contributed by atoms with Gasteiger partial charge in [-0.05, 0) is 69.5 Å². The number of aromatic nitrogens is 2. The molecule has 3 aromatic rings. The summed E-state index contributed by atoms with van der Waals surface area (Å²) in [6.45, 7) is 9.64. The molecule has 0 saturated carbocycles. The van der Waals surface area contributed by atoms with Crippen molar-refractivity contribution < 1.29 is 9.53 Å². The molecule has 1 aromatic carbocycles. The smallest absolute Gasteiger partial charge is 0.269 e. The summed E-state index contributed by atoms with van der Waals surface area (Å²) >= 11 is 6.56. The van der Waals surface area contributed by atoms with Crippen LogP contribution in [0.2, 0.25) is 0 Å². The molecule has 164 valence electrons. The van der Waals surface area contributed by atoms with Crippen molar-refractivity contribution in [1.29, 1.82) is 0 Å². The quantitative estimate of drug-likeness (QED) is 0.398. The van der Waals surface area contributed by atoms with Gasteiger partial charge in [0.2, 0.25) is 5.88 Å². The molecule has 4 rings (SSSR count). The van der Waals surface area contributed by atoms with Crippen LogP contribution in [-0.2, 0) is 4.79 Å². The van der Waals surface area contributed by atoms with Gasteiger partial charge in [0, 0.05) is 12.2 Å². The molecule has 0 aliphatic carbocycles. The van der Waals surface area contributed by atoms with Gasteiger partial charge in [0.25, 0.3) is 11.5 Å². The minimum absolute atomic E-state index is 0.0717. The van der Waals surface area contributed by atoms with Crippen molar-refractivity contribution in [2.45, 2.75) is 40.7 Å². The fourth-order valence-electron chi connectivity index (χ4n) is 3.49. The zero-order valence-electron chi connectivity index (χ0n) is 18.5. The fraction of sp³-hybridized carbons (Fsp3) is 0.250. The highest BCUT2D eigenvalue weighted by atomic mass is 32.2. The van der Waals surface area contributed by atoms with E-state index in [1.54, 1.807) is 23.2 Å². The Hall–Kier alpha value is -2.97. The first-order valence-corrected chi connectivity index (χ1v) is 11.4. The number of thioether (sulfide) groups is 1. The molecule has 1 saturated heterocycles. The van der Waals surface area contributed by atoms with E-state index >= 15 is 0 Å². The van der Waals surface area contributed by atoms with Gasteiger partial charge in [-0.25, -0.2) is 0 Å². The van der Waals surface area contributed by atoms with Crippen LogP contribution in [0, 0.1) is 20.8 Å². The van der Waals surface area contributed by atoms with Gasteiger partial charge in [-0.3, -0.25) is 18.9 Å². The maximum absolute atomic E-state index is 13.5. The summed E-state index contributed by atoms with van der Waals surface area (Å²) in [7, 11) is 0. The van der Waals surface area contributed by atoms with Crippen LogP contribution in [0.5, 0.6) is 11.6 Å². The average Bonchev–Trinajstić information content (AvgIpc) is 3.02. The number of fused-ring (bicyclic) bond motifs is 1. The molecule has 0 atom stereocenters. The SMILES string of the molecule is Cc1cccc(Oc2nc3c(C)cccn3c(=O)c2/C=C2/SC(=S)N(C(C)C)C2=O)c1C. The fourth-order valence-corrected chi connectivity index (χ4v) is 4.99. The van der Waals surface area contributed by atoms with Crippen LogP contribution in [0.1, 0.15) is 36.1 Å². The number of ether oxygens (including phenoxy) is 1. The number of thiocarbonyl (C=S) groups is 1. The van der Waals surface area contributed by atoms with Gasteiger partial charge in [0.1, 0.15) is 21.3 Å². The normalized spacial score (nSPS) is 15.4. The first-order valence-electron chi connectivity index (χ1n) is 10.2. The van der Waals surface area contributed by atoms with E-state index in [1.807, 2.05) is 58.9 Å². The van der Waals surface area contributed by atoms with Crippen molar-refractivity contribution in [2.24, 2.45) is 0 Å². The van der Waals surface area contributed by atoms with E-state index in [1.165, 1.54) is 16.2 Å². The van der Waals surface area contributed by atoms with Crippen LogP contribution in [-0.4, -0.2) is 30.6 Å². The average molecular weight is 466 g/mol. The predicted octanol–water partition coefficient (Wildman–Crippen LogP) is 5.02. The van der Waals surface area contributed by atoms with Gasteiger partial charge in [-0.2, -0.15) is 4.98 Å². The zero-order valence-corrected chi connectivity index (χ0v) is 20.1. The number of hydrogen-bond donors (Lipinski definition) is 0. The van der Waals surface area contributed by atoms with E-state index in [9.17, 15) is 9.59 Å². The standard InChI is InChI=1S/C24H23N3O3S2/c1-13(2)27-23(29)19(32-24(27)31)12-17-21(30-18-10-6-8-14(3)16(18)5)25-20-15(4)9-7-11-26(20)22(17)28/h6-13H,1-5H3/b19-12+. The van der Waals surface area contributed by atoms with Crippen molar-refractivity contribution in [2.75, 3.05) is 0 Å². The number of amides is 1. The van der Waals surface area contributed by atoms with Crippen LogP contribution in [0.15, 0.2) is 46.2 Å². The zero-order chi connectivity index (χ0) is 23.2. The number of aryl methyl sites for hydroxylation is 2. The lowest BCUT2D eigenvalue weighted by atomic mass is 10.1. The van der Waals surface area contributed by atoms with E-state index in [-0.39, 0.29) is 29.0 Å². The molecule has 3 heterocycles. The third-order valence-electron chi connectivity index (χ3n) is 5.43. The predicted molar refractivity (Wildman–Crippen MR) is 132 cm³/mol. The Morgan fingerprint density at radius 3 is 2.50 bits per heavy atom. The second-order valence-electron chi connectivity index (χ2n) is 7.97. The lowest BCUT2D eigenvalue weighted by Gasteiger charge is -2.18. The van der Waals surface area contributed by atoms with Gasteiger partial charge in [0.15, 0.2) is 0 Å². The molecule has 8 heteroatoms. The van der Waals surface area contributed by atoms with E-state index in [2.05, 4.69) is 4.98 Å². The Kier molecular flexibility index (Phi) is 5.92. The minimum atomic E-state index is -0.311. The molecule has 0 bridgehead atoms. The number of carbonyl (C=O) groups excluding carboxylic acids is 1. The Labute approximate surface area is 195 Å². The van der Waals surface area contributed by atoms with E-state index < -0.39 is 0 Å². The number of hydrogen-bond acceptors (Lipinski definition) is 6. The highest BCUT2D eigenvalue weighted by Gasteiger charge is 2.34. The molecular formula is C24H23N3O3S2. The molecule has 1 amide bonds. The summed E-state index contributed by atoms with van der Waals surface area (Å²) < 4.78 is 8.12. The number of carbonyl (C=O) groups is 1. The molecule has 6 nitrogen and oxygen atoms in total. The monoisotopic (exact) mass is 465 g/mol. The maximum Gasteiger partial charge on any atom is 0.269 e. The number of rotatable bonds is 4. The van der Waals surface area contributed by atoms with Crippen LogP contribution in [0.4, 0.5) is 0 Å². The molecule has 0 unspecified atom stereocenters. The Bertz CT molecular complexity index is 1360. The molecule has 1 aliphatic heterocycles. The number of benzene rings is 1. The third kappa shape index (κ3) is 3.84. The molecule has 2 aromatic heterocycles. The van der Waals surface area contributed by atoms with E-state index in [0.29, 0.717) is 20.6 Å². The largest absolute Gasteiger partial charge is 0.438 e. The highest BCUT2D eigenvalue weighted by Crippen LogP contribution is 2.35. The Balaban J connectivity index is 1.93. The van der Waals surface area contributed by atoms with Crippen LogP contribution in [0.3, 0.4) is 0 Å². The first kappa shape index (κ1) is 22.2. The van der Waals surface area contributed by atoms with Gasteiger partial charge in [0.05, 0.1) is 4.91 Å². The minimum Gasteiger partial charge on any atom is -0.438 e. The van der Waals surface area contributed by atoms with E-state index in [4.69, 9.17) is 17.0 Å². The molecule has 1 aliphatic rings. The number of pyridine rings is 1. The van der Waals surface area contributed by atoms with Crippen molar-refractivity contribution in [1.82, 2.24) is 14.3 Å². The summed E-state index contributed by atoms with van der Waals surface area (Å²) in [5.41, 5.74) is 3.26. The summed E-state index contributed by atoms with van der Waals surface area (Å²) in [5.74, 6) is 0.549. The summed E-state index contributed by atoms with van der Waals surface area (Å²) in [5, 5.41) is 0. The van der Waals surface area contributed by atoms with Crippen LogP contribution < -0.4 is 10.3 Å². The van der Waals surface area contributed by atoms with Gasteiger partial charge in [-0.1, -0.05) is 42.2 Å². The molecular weight excluding hydrogens is 442 g/mol. The second-order valence-corrected chi connectivity index (χ2v) is 9.64. The Morgan fingerprint density at radius 2 is 1.81 bits per heavy atom. The second kappa shape index (κ2) is 8.52. The van der Waals surface area contributed by atoms with Crippen molar-refractivity contribution in [3.8, 4) is 11.6 Å². The first-order chi connectivity index (χ1) is 15.2. The molecule has 32 heavy (non-hydrogen) atoms. The van der Waals surface area contributed by atoms with Crippen molar-refractivity contribution in [3.05, 3.63) is 74.0 Å². The summed E-state index contributed by atoms with van der Waals surface area (Å²) in [4.78, 5) is 33.0. The van der Waals surface area contributed by atoms with Gasteiger partial charge in [-0.15, -0.1) is 0 Å². The summed E-state index contributed by atoms with van der Waals surface area (Å²) in [6, 6.07) is 9.33.